The number of amides is 1. The molecule has 2 atom stereocenters. The van der Waals surface area contributed by atoms with E-state index in [0.717, 1.165) is 16.9 Å². The van der Waals surface area contributed by atoms with E-state index in [9.17, 15) is 9.59 Å². The third kappa shape index (κ3) is 6.33. The van der Waals surface area contributed by atoms with Crippen LogP contribution in [0.15, 0.2) is 48.5 Å². The van der Waals surface area contributed by atoms with E-state index >= 15 is 0 Å². The van der Waals surface area contributed by atoms with Gasteiger partial charge in [0.1, 0.15) is 11.5 Å². The van der Waals surface area contributed by atoms with Gasteiger partial charge in [-0.1, -0.05) is 24.3 Å². The Labute approximate surface area is 159 Å². The van der Waals surface area contributed by atoms with Crippen LogP contribution in [0.2, 0.25) is 0 Å². The van der Waals surface area contributed by atoms with Crippen molar-refractivity contribution in [3.8, 4) is 11.5 Å². The maximum atomic E-state index is 12.2. The van der Waals surface area contributed by atoms with E-state index in [1.54, 1.807) is 20.1 Å². The van der Waals surface area contributed by atoms with Crippen LogP contribution in [0.5, 0.6) is 11.5 Å². The van der Waals surface area contributed by atoms with Crippen molar-refractivity contribution in [1.29, 1.82) is 0 Å². The van der Waals surface area contributed by atoms with Crippen molar-refractivity contribution < 1.29 is 23.8 Å². The molecule has 2 aromatic carbocycles. The minimum absolute atomic E-state index is 0.333. The minimum Gasteiger partial charge on any atom is -0.497 e. The van der Waals surface area contributed by atoms with Crippen molar-refractivity contribution in [3.63, 3.8) is 0 Å². The number of benzene rings is 2. The highest BCUT2D eigenvalue weighted by molar-refractivity contribution is 5.84. The molecule has 2 aromatic rings. The Morgan fingerprint density at radius 1 is 1.00 bits per heavy atom. The summed E-state index contributed by atoms with van der Waals surface area (Å²) in [5.74, 6) is 0.358. The first kappa shape index (κ1) is 20.3. The van der Waals surface area contributed by atoms with Crippen molar-refractivity contribution in [3.05, 3.63) is 59.7 Å². The molecule has 1 N–H and O–H groups in total. The molecule has 0 bridgehead atoms. The fraction of sp³-hybridized carbons (Fsp3) is 0.333. The zero-order valence-electron chi connectivity index (χ0n) is 16.0. The molecule has 0 unspecified atom stereocenters. The summed E-state index contributed by atoms with van der Waals surface area (Å²) in [6, 6.07) is 14.7. The first-order valence-corrected chi connectivity index (χ1v) is 8.73. The molecular formula is C21H25NO5. The Kier molecular flexibility index (Phi) is 7.23. The number of hydrogen-bond donors (Lipinski definition) is 1. The van der Waals surface area contributed by atoms with Crippen LogP contribution in [-0.4, -0.2) is 31.2 Å². The van der Waals surface area contributed by atoms with Gasteiger partial charge in [-0.3, -0.25) is 4.79 Å². The average molecular weight is 371 g/mol. The van der Waals surface area contributed by atoms with Gasteiger partial charge in [-0.15, -0.1) is 0 Å². The van der Waals surface area contributed by atoms with Crippen LogP contribution in [0.1, 0.15) is 25.0 Å². The van der Waals surface area contributed by atoms with Crippen LogP contribution in [0.3, 0.4) is 0 Å². The first-order chi connectivity index (χ1) is 12.9. The maximum absolute atomic E-state index is 12.2. The summed E-state index contributed by atoms with van der Waals surface area (Å²) in [5, 5.41) is 2.74. The molecule has 0 radical (unpaired) electrons. The smallest absolute Gasteiger partial charge is 0.347 e. The SMILES string of the molecule is COc1ccc(CNC(=O)[C@H](C)OC(=O)[C@@H](C)Oc2cccc(C)c2)cc1. The zero-order chi connectivity index (χ0) is 19.8. The standard InChI is InChI=1S/C21H25NO5/c1-14-6-5-7-19(12-14)26-16(3)21(24)27-15(2)20(23)22-13-17-8-10-18(25-4)11-9-17/h5-12,15-16H,13H2,1-4H3,(H,22,23)/t15-,16+/m0/s1. The molecule has 6 heteroatoms. The highest BCUT2D eigenvalue weighted by Gasteiger charge is 2.23. The highest BCUT2D eigenvalue weighted by Crippen LogP contribution is 2.15. The summed E-state index contributed by atoms with van der Waals surface area (Å²) >= 11 is 0. The van der Waals surface area contributed by atoms with Gasteiger partial charge in [-0.05, 0) is 56.2 Å². The fourth-order valence-electron chi connectivity index (χ4n) is 2.34. The Bertz CT molecular complexity index is 772. The number of carbonyl (C=O) groups is 2. The van der Waals surface area contributed by atoms with E-state index in [0.29, 0.717) is 12.3 Å². The van der Waals surface area contributed by atoms with Crippen molar-refractivity contribution in [2.45, 2.75) is 39.5 Å². The van der Waals surface area contributed by atoms with Crippen LogP contribution >= 0.6 is 0 Å². The molecule has 0 heterocycles. The van der Waals surface area contributed by atoms with Crippen LogP contribution in [0.4, 0.5) is 0 Å². The lowest BCUT2D eigenvalue weighted by molar-refractivity contribution is -0.160. The summed E-state index contributed by atoms with van der Waals surface area (Å²) in [6.45, 7) is 5.39. The minimum atomic E-state index is -0.917. The van der Waals surface area contributed by atoms with E-state index in [1.165, 1.54) is 6.92 Å². The van der Waals surface area contributed by atoms with Crippen molar-refractivity contribution >= 4 is 11.9 Å². The van der Waals surface area contributed by atoms with Crippen molar-refractivity contribution in [2.75, 3.05) is 7.11 Å². The van der Waals surface area contributed by atoms with Gasteiger partial charge in [0.2, 0.25) is 0 Å². The third-order valence-electron chi connectivity index (χ3n) is 3.92. The lowest BCUT2D eigenvalue weighted by Gasteiger charge is -2.18. The molecule has 0 saturated carbocycles. The molecule has 6 nitrogen and oxygen atoms in total. The number of aryl methyl sites for hydroxylation is 1. The fourth-order valence-corrected chi connectivity index (χ4v) is 2.34. The second-order valence-electron chi connectivity index (χ2n) is 6.22. The molecule has 27 heavy (non-hydrogen) atoms. The number of ether oxygens (including phenoxy) is 3. The Hall–Kier alpha value is -3.02. The number of hydrogen-bond acceptors (Lipinski definition) is 5. The lowest BCUT2D eigenvalue weighted by atomic mass is 10.2. The highest BCUT2D eigenvalue weighted by atomic mass is 16.6. The number of rotatable bonds is 8. The van der Waals surface area contributed by atoms with Gasteiger partial charge in [0.05, 0.1) is 7.11 Å². The van der Waals surface area contributed by atoms with Crippen molar-refractivity contribution in [1.82, 2.24) is 5.32 Å². The second-order valence-corrected chi connectivity index (χ2v) is 6.22. The average Bonchev–Trinajstić information content (AvgIpc) is 2.66. The second kappa shape index (κ2) is 9.62. The molecule has 2 rings (SSSR count). The topological polar surface area (TPSA) is 73.9 Å². The summed E-state index contributed by atoms with van der Waals surface area (Å²) in [5.41, 5.74) is 1.94. The maximum Gasteiger partial charge on any atom is 0.347 e. The number of methoxy groups -OCH3 is 1. The quantitative estimate of drug-likeness (QED) is 0.722. The zero-order valence-corrected chi connectivity index (χ0v) is 16.0. The van der Waals surface area contributed by atoms with Crippen LogP contribution in [0.25, 0.3) is 0 Å². The van der Waals surface area contributed by atoms with Gasteiger partial charge in [0, 0.05) is 6.54 Å². The lowest BCUT2D eigenvalue weighted by Crippen LogP contribution is -2.38. The molecule has 0 aliphatic carbocycles. The summed E-state index contributed by atoms with van der Waals surface area (Å²) in [7, 11) is 1.59. The van der Waals surface area contributed by atoms with Gasteiger partial charge in [-0.25, -0.2) is 4.79 Å². The summed E-state index contributed by atoms with van der Waals surface area (Å²) < 4.78 is 15.9. The molecule has 0 aliphatic heterocycles. The Morgan fingerprint density at radius 3 is 2.33 bits per heavy atom. The molecular weight excluding hydrogens is 346 g/mol. The van der Waals surface area contributed by atoms with Gasteiger partial charge >= 0.3 is 5.97 Å². The van der Waals surface area contributed by atoms with Gasteiger partial charge in [0.15, 0.2) is 12.2 Å². The van der Waals surface area contributed by atoms with Gasteiger partial charge in [-0.2, -0.15) is 0 Å². The predicted octanol–water partition coefficient (Wildman–Crippen LogP) is 3.02. The number of esters is 1. The summed E-state index contributed by atoms with van der Waals surface area (Å²) in [4.78, 5) is 24.3. The van der Waals surface area contributed by atoms with E-state index in [-0.39, 0.29) is 5.91 Å². The first-order valence-electron chi connectivity index (χ1n) is 8.73. The molecule has 0 aromatic heterocycles. The predicted molar refractivity (Wildman–Crippen MR) is 102 cm³/mol. The van der Waals surface area contributed by atoms with Crippen LogP contribution in [0, 0.1) is 6.92 Å². The van der Waals surface area contributed by atoms with E-state index < -0.39 is 18.2 Å². The molecule has 1 amide bonds. The van der Waals surface area contributed by atoms with Crippen molar-refractivity contribution in [2.24, 2.45) is 0 Å². The number of nitrogens with one attached hydrogen (secondary N) is 1. The molecule has 0 saturated heterocycles. The summed E-state index contributed by atoms with van der Waals surface area (Å²) in [6.07, 6.45) is -1.73. The van der Waals surface area contributed by atoms with Gasteiger partial charge in [0.25, 0.3) is 5.91 Å². The van der Waals surface area contributed by atoms with E-state index in [2.05, 4.69) is 5.32 Å². The largest absolute Gasteiger partial charge is 0.497 e. The number of carbonyl (C=O) groups excluding carboxylic acids is 2. The van der Waals surface area contributed by atoms with Crippen LogP contribution in [-0.2, 0) is 20.9 Å². The molecule has 0 aliphatic rings. The Balaban J connectivity index is 1.80. The van der Waals surface area contributed by atoms with E-state index in [1.807, 2.05) is 49.4 Å². The van der Waals surface area contributed by atoms with Gasteiger partial charge < -0.3 is 19.5 Å². The third-order valence-corrected chi connectivity index (χ3v) is 3.92. The van der Waals surface area contributed by atoms with E-state index in [4.69, 9.17) is 14.2 Å². The molecule has 0 spiro atoms. The molecule has 0 fully saturated rings. The molecule has 144 valence electrons. The monoisotopic (exact) mass is 371 g/mol. The Morgan fingerprint density at radius 2 is 1.70 bits per heavy atom. The van der Waals surface area contributed by atoms with Crippen LogP contribution < -0.4 is 14.8 Å². The normalized spacial score (nSPS) is 12.6.